The first-order chi connectivity index (χ1) is 8.53. The highest BCUT2D eigenvalue weighted by atomic mass is 16.5. The summed E-state index contributed by atoms with van der Waals surface area (Å²) in [6, 6.07) is -1.86. The number of carboxylic acids is 1. The lowest BCUT2D eigenvalue weighted by Gasteiger charge is -2.19. The average molecular weight is 262 g/mol. The van der Waals surface area contributed by atoms with Crippen molar-refractivity contribution in [3.63, 3.8) is 0 Å². The molecule has 1 aliphatic rings. The molecular weight excluding hydrogens is 244 g/mol. The number of carbonyl (C=O) groups is 2. The third-order valence-electron chi connectivity index (χ3n) is 2.89. The molecule has 0 saturated carbocycles. The maximum atomic E-state index is 11.8. The van der Waals surface area contributed by atoms with Crippen LogP contribution in [0.15, 0.2) is 0 Å². The number of rotatable bonds is 5. The molecule has 0 aromatic heterocycles. The molecule has 3 N–H and O–H groups in total. The first kappa shape index (κ1) is 14.7. The molecule has 1 heterocycles. The van der Waals surface area contributed by atoms with Gasteiger partial charge in [-0.05, 0) is 0 Å². The zero-order valence-corrected chi connectivity index (χ0v) is 10.3. The molecule has 1 aliphatic heterocycles. The third-order valence-corrected chi connectivity index (χ3v) is 2.89. The summed E-state index contributed by atoms with van der Waals surface area (Å²) in [5.41, 5.74) is 0. The van der Waals surface area contributed by atoms with Gasteiger partial charge in [0.2, 0.25) is 0 Å². The van der Waals surface area contributed by atoms with E-state index in [1.807, 2.05) is 0 Å². The number of nitrogens with zero attached hydrogens (tertiary/aromatic N) is 1. The summed E-state index contributed by atoms with van der Waals surface area (Å²) >= 11 is 0. The largest absolute Gasteiger partial charge is 0.480 e. The molecule has 1 saturated heterocycles. The van der Waals surface area contributed by atoms with Gasteiger partial charge in [0.1, 0.15) is 12.2 Å². The van der Waals surface area contributed by atoms with Crippen molar-refractivity contribution in [3.8, 4) is 0 Å². The van der Waals surface area contributed by atoms with Gasteiger partial charge in [-0.15, -0.1) is 0 Å². The molecule has 0 aromatic rings. The van der Waals surface area contributed by atoms with Crippen LogP contribution in [0.3, 0.4) is 0 Å². The Hall–Kier alpha value is -1.38. The highest BCUT2D eigenvalue weighted by molar-refractivity contribution is 5.82. The Morgan fingerprint density at radius 1 is 1.33 bits per heavy atom. The Kier molecular flexibility index (Phi) is 5.32. The van der Waals surface area contributed by atoms with Gasteiger partial charge in [0, 0.05) is 14.2 Å². The first-order valence-electron chi connectivity index (χ1n) is 5.48. The Balaban J connectivity index is 2.55. The molecule has 3 atom stereocenters. The van der Waals surface area contributed by atoms with E-state index in [1.165, 1.54) is 19.1 Å². The number of ether oxygens (including phenoxy) is 2. The van der Waals surface area contributed by atoms with E-state index in [1.54, 1.807) is 0 Å². The van der Waals surface area contributed by atoms with Crippen molar-refractivity contribution < 1.29 is 29.3 Å². The lowest BCUT2D eigenvalue weighted by molar-refractivity contribution is -0.140. The standard InChI is InChI=1S/C10H18N2O6/c1-17-7-3-12(4-8(7)18-2)10(16)11-6(5-13)9(14)15/h6-8,13H,3-5H2,1-2H3,(H,11,16)(H,14,15)/t6-,7?,8?/m0/s1. The molecule has 0 spiro atoms. The maximum absolute atomic E-state index is 11.8. The van der Waals surface area contributed by atoms with Crippen LogP contribution in [0.2, 0.25) is 0 Å². The molecule has 1 rings (SSSR count). The Morgan fingerprint density at radius 3 is 2.17 bits per heavy atom. The van der Waals surface area contributed by atoms with Crippen molar-refractivity contribution in [2.45, 2.75) is 18.2 Å². The molecule has 18 heavy (non-hydrogen) atoms. The summed E-state index contributed by atoms with van der Waals surface area (Å²) in [4.78, 5) is 23.8. The van der Waals surface area contributed by atoms with Gasteiger partial charge in [0.25, 0.3) is 0 Å². The SMILES string of the molecule is COC1CN(C(=O)N[C@@H](CO)C(=O)O)CC1OC. The van der Waals surface area contributed by atoms with Crippen LogP contribution in [0.25, 0.3) is 0 Å². The van der Waals surface area contributed by atoms with Crippen molar-refractivity contribution in [1.82, 2.24) is 10.2 Å². The Morgan fingerprint density at radius 2 is 1.83 bits per heavy atom. The fraction of sp³-hybridized carbons (Fsp3) is 0.800. The molecule has 0 aromatic carbocycles. The summed E-state index contributed by atoms with van der Waals surface area (Å²) in [6.07, 6.45) is -0.476. The molecule has 104 valence electrons. The fourth-order valence-electron chi connectivity index (χ4n) is 1.79. The number of carboxylic acid groups (broad SMARTS) is 1. The van der Waals surface area contributed by atoms with Crippen LogP contribution in [0.5, 0.6) is 0 Å². The number of hydrogen-bond donors (Lipinski definition) is 3. The van der Waals surface area contributed by atoms with Gasteiger partial charge in [-0.1, -0.05) is 0 Å². The number of amides is 2. The van der Waals surface area contributed by atoms with E-state index in [0.717, 1.165) is 0 Å². The highest BCUT2D eigenvalue weighted by Crippen LogP contribution is 2.15. The number of aliphatic hydroxyl groups is 1. The zero-order chi connectivity index (χ0) is 13.7. The second-order valence-corrected chi connectivity index (χ2v) is 3.98. The number of likely N-dealkylation sites (tertiary alicyclic amines) is 1. The molecule has 1 fully saturated rings. The number of aliphatic carboxylic acids is 1. The molecular formula is C10H18N2O6. The minimum Gasteiger partial charge on any atom is -0.480 e. The normalized spacial score (nSPS) is 24.9. The van der Waals surface area contributed by atoms with Crippen molar-refractivity contribution in [2.75, 3.05) is 33.9 Å². The van der Waals surface area contributed by atoms with Crippen LogP contribution in [0.1, 0.15) is 0 Å². The van der Waals surface area contributed by atoms with Crippen molar-refractivity contribution >= 4 is 12.0 Å². The summed E-state index contributed by atoms with van der Waals surface area (Å²) in [5, 5.41) is 19.8. The van der Waals surface area contributed by atoms with Crippen LogP contribution in [-0.2, 0) is 14.3 Å². The monoisotopic (exact) mass is 262 g/mol. The van der Waals surface area contributed by atoms with E-state index >= 15 is 0 Å². The van der Waals surface area contributed by atoms with Gasteiger partial charge in [-0.3, -0.25) is 0 Å². The minimum atomic E-state index is -1.31. The van der Waals surface area contributed by atoms with Gasteiger partial charge in [-0.25, -0.2) is 9.59 Å². The number of nitrogens with one attached hydrogen (secondary N) is 1. The predicted octanol–water partition coefficient (Wildman–Crippen LogP) is -1.51. The summed E-state index contributed by atoms with van der Waals surface area (Å²) in [7, 11) is 3.04. The van der Waals surface area contributed by atoms with Crippen LogP contribution in [0.4, 0.5) is 4.79 Å². The molecule has 2 unspecified atom stereocenters. The minimum absolute atomic E-state index is 0.238. The second-order valence-electron chi connectivity index (χ2n) is 3.98. The fourth-order valence-corrected chi connectivity index (χ4v) is 1.79. The quantitative estimate of drug-likeness (QED) is 0.555. The zero-order valence-electron chi connectivity index (χ0n) is 10.3. The molecule has 8 nitrogen and oxygen atoms in total. The lowest BCUT2D eigenvalue weighted by Crippen LogP contribution is -2.49. The van der Waals surface area contributed by atoms with Gasteiger partial charge >= 0.3 is 12.0 Å². The average Bonchev–Trinajstić information content (AvgIpc) is 2.78. The van der Waals surface area contributed by atoms with Gasteiger partial charge < -0.3 is 29.9 Å². The van der Waals surface area contributed by atoms with E-state index in [4.69, 9.17) is 19.7 Å². The molecule has 0 aliphatic carbocycles. The topological polar surface area (TPSA) is 108 Å². The first-order valence-corrected chi connectivity index (χ1v) is 5.48. The maximum Gasteiger partial charge on any atom is 0.328 e. The predicted molar refractivity (Wildman–Crippen MR) is 60.2 cm³/mol. The number of hydrogen-bond acceptors (Lipinski definition) is 5. The summed E-state index contributed by atoms with van der Waals surface area (Å²) < 4.78 is 10.3. The van der Waals surface area contributed by atoms with Gasteiger partial charge in [-0.2, -0.15) is 0 Å². The molecule has 0 bridgehead atoms. The number of methoxy groups -OCH3 is 2. The number of urea groups is 1. The van der Waals surface area contributed by atoms with E-state index in [0.29, 0.717) is 13.1 Å². The Bertz CT molecular complexity index is 299. The smallest absolute Gasteiger partial charge is 0.328 e. The van der Waals surface area contributed by atoms with Gasteiger partial charge in [0.15, 0.2) is 6.04 Å². The second kappa shape index (κ2) is 6.53. The molecule has 0 radical (unpaired) electrons. The van der Waals surface area contributed by atoms with Crippen molar-refractivity contribution in [3.05, 3.63) is 0 Å². The number of carbonyl (C=O) groups excluding carboxylic acids is 1. The van der Waals surface area contributed by atoms with Crippen LogP contribution < -0.4 is 5.32 Å². The van der Waals surface area contributed by atoms with Crippen LogP contribution in [0, 0.1) is 0 Å². The van der Waals surface area contributed by atoms with E-state index in [9.17, 15) is 9.59 Å². The Labute approximate surface area is 104 Å². The molecule has 8 heteroatoms. The summed E-state index contributed by atoms with van der Waals surface area (Å²) in [6.45, 7) is -0.0203. The molecule has 2 amide bonds. The van der Waals surface area contributed by atoms with Crippen molar-refractivity contribution in [1.29, 1.82) is 0 Å². The number of aliphatic hydroxyl groups excluding tert-OH is 1. The van der Waals surface area contributed by atoms with Crippen LogP contribution >= 0.6 is 0 Å². The van der Waals surface area contributed by atoms with Crippen LogP contribution in [-0.4, -0.2) is 79.3 Å². The van der Waals surface area contributed by atoms with E-state index in [-0.39, 0.29) is 12.2 Å². The summed E-state index contributed by atoms with van der Waals surface area (Å²) in [5.74, 6) is -1.28. The van der Waals surface area contributed by atoms with Crippen molar-refractivity contribution in [2.24, 2.45) is 0 Å². The lowest BCUT2D eigenvalue weighted by atomic mass is 10.3. The van der Waals surface area contributed by atoms with E-state index in [2.05, 4.69) is 5.32 Å². The highest BCUT2D eigenvalue weighted by Gasteiger charge is 2.36. The van der Waals surface area contributed by atoms with E-state index < -0.39 is 24.6 Å². The third kappa shape index (κ3) is 3.31. The van der Waals surface area contributed by atoms with Gasteiger partial charge in [0.05, 0.1) is 19.7 Å².